The number of ether oxygens (including phenoxy) is 1. The molecule has 0 atom stereocenters. The standard InChI is InChI=1S/C12H18BrNO2/c13-12-10(14)6-5-7-11(12)16-9-4-2-1-3-8-15/h5-7,15H,1-4,8-9,14H2. The van der Waals surface area contributed by atoms with Crippen LogP contribution in [-0.2, 0) is 0 Å². The quantitative estimate of drug-likeness (QED) is 0.599. The van der Waals surface area contributed by atoms with E-state index in [-0.39, 0.29) is 6.61 Å². The van der Waals surface area contributed by atoms with Crippen LogP contribution < -0.4 is 10.5 Å². The van der Waals surface area contributed by atoms with E-state index in [1.165, 1.54) is 0 Å². The number of unbranched alkanes of at least 4 members (excludes halogenated alkanes) is 3. The van der Waals surface area contributed by atoms with Crippen molar-refractivity contribution in [2.24, 2.45) is 0 Å². The highest BCUT2D eigenvalue weighted by atomic mass is 79.9. The predicted octanol–water partition coefficient (Wildman–Crippen LogP) is 2.96. The third kappa shape index (κ3) is 4.41. The number of rotatable bonds is 7. The summed E-state index contributed by atoms with van der Waals surface area (Å²) in [7, 11) is 0. The van der Waals surface area contributed by atoms with Gasteiger partial charge in [0.2, 0.25) is 0 Å². The second kappa shape index (κ2) is 7.52. The maximum atomic E-state index is 8.62. The van der Waals surface area contributed by atoms with E-state index < -0.39 is 0 Å². The van der Waals surface area contributed by atoms with Gasteiger partial charge in [0.25, 0.3) is 0 Å². The molecule has 90 valence electrons. The topological polar surface area (TPSA) is 55.5 Å². The highest BCUT2D eigenvalue weighted by molar-refractivity contribution is 9.10. The minimum absolute atomic E-state index is 0.279. The smallest absolute Gasteiger partial charge is 0.135 e. The largest absolute Gasteiger partial charge is 0.492 e. The summed E-state index contributed by atoms with van der Waals surface area (Å²) in [6.07, 6.45) is 4.02. The fourth-order valence-electron chi connectivity index (χ4n) is 1.39. The number of nitrogens with two attached hydrogens (primary N) is 1. The normalized spacial score (nSPS) is 10.4. The Balaban J connectivity index is 2.24. The zero-order valence-electron chi connectivity index (χ0n) is 9.29. The van der Waals surface area contributed by atoms with Gasteiger partial charge in [0, 0.05) is 12.3 Å². The number of hydrogen-bond donors (Lipinski definition) is 2. The molecule has 1 aromatic rings. The lowest BCUT2D eigenvalue weighted by Gasteiger charge is -2.09. The van der Waals surface area contributed by atoms with Crippen LogP contribution in [0.3, 0.4) is 0 Å². The molecule has 3 N–H and O–H groups in total. The van der Waals surface area contributed by atoms with Crippen LogP contribution in [0.2, 0.25) is 0 Å². The molecule has 0 fully saturated rings. The molecule has 0 saturated carbocycles. The van der Waals surface area contributed by atoms with Gasteiger partial charge < -0.3 is 15.6 Å². The molecular formula is C12H18BrNO2. The number of hydrogen-bond acceptors (Lipinski definition) is 3. The van der Waals surface area contributed by atoms with E-state index in [1.807, 2.05) is 18.2 Å². The van der Waals surface area contributed by atoms with Crippen molar-refractivity contribution in [2.75, 3.05) is 18.9 Å². The molecule has 0 unspecified atom stereocenters. The molecule has 0 aliphatic rings. The highest BCUT2D eigenvalue weighted by Crippen LogP contribution is 2.30. The molecular weight excluding hydrogens is 270 g/mol. The van der Waals surface area contributed by atoms with Crippen molar-refractivity contribution in [3.05, 3.63) is 22.7 Å². The summed E-state index contributed by atoms with van der Waals surface area (Å²) in [6.45, 7) is 0.967. The first-order valence-electron chi connectivity index (χ1n) is 5.53. The van der Waals surface area contributed by atoms with Gasteiger partial charge >= 0.3 is 0 Å². The molecule has 0 radical (unpaired) electrons. The zero-order valence-corrected chi connectivity index (χ0v) is 10.9. The second-order valence-corrected chi connectivity index (χ2v) is 4.44. The van der Waals surface area contributed by atoms with E-state index in [1.54, 1.807) is 0 Å². The molecule has 0 aliphatic heterocycles. The maximum Gasteiger partial charge on any atom is 0.135 e. The van der Waals surface area contributed by atoms with Crippen LogP contribution >= 0.6 is 15.9 Å². The van der Waals surface area contributed by atoms with Gasteiger partial charge in [-0.15, -0.1) is 0 Å². The second-order valence-electron chi connectivity index (χ2n) is 3.65. The fraction of sp³-hybridized carbons (Fsp3) is 0.500. The molecule has 0 spiro atoms. The van der Waals surface area contributed by atoms with E-state index in [0.717, 1.165) is 35.9 Å². The number of benzene rings is 1. The van der Waals surface area contributed by atoms with E-state index in [9.17, 15) is 0 Å². The van der Waals surface area contributed by atoms with Crippen LogP contribution in [0.4, 0.5) is 5.69 Å². The van der Waals surface area contributed by atoms with Gasteiger partial charge in [-0.25, -0.2) is 0 Å². The van der Waals surface area contributed by atoms with E-state index in [2.05, 4.69) is 15.9 Å². The van der Waals surface area contributed by atoms with Gasteiger partial charge in [-0.1, -0.05) is 12.5 Å². The maximum absolute atomic E-state index is 8.62. The summed E-state index contributed by atoms with van der Waals surface area (Å²) in [5, 5.41) is 8.62. The minimum atomic E-state index is 0.279. The molecule has 3 nitrogen and oxygen atoms in total. The van der Waals surface area contributed by atoms with E-state index in [0.29, 0.717) is 12.3 Å². The number of nitrogen functional groups attached to an aromatic ring is 1. The minimum Gasteiger partial charge on any atom is -0.492 e. The van der Waals surface area contributed by atoms with Gasteiger partial charge in [-0.2, -0.15) is 0 Å². The lowest BCUT2D eigenvalue weighted by Crippen LogP contribution is -1.99. The first-order valence-corrected chi connectivity index (χ1v) is 6.32. The molecule has 0 bridgehead atoms. The zero-order chi connectivity index (χ0) is 11.8. The number of aliphatic hydroxyl groups excluding tert-OH is 1. The van der Waals surface area contributed by atoms with Crippen molar-refractivity contribution >= 4 is 21.6 Å². The van der Waals surface area contributed by atoms with E-state index in [4.69, 9.17) is 15.6 Å². The number of halogens is 1. The van der Waals surface area contributed by atoms with Gasteiger partial charge in [-0.05, 0) is 47.3 Å². The Morgan fingerprint density at radius 2 is 1.94 bits per heavy atom. The summed E-state index contributed by atoms with van der Waals surface area (Å²) in [5.74, 6) is 0.794. The van der Waals surface area contributed by atoms with Crippen LogP contribution in [0.25, 0.3) is 0 Å². The third-order valence-corrected chi connectivity index (χ3v) is 3.15. The highest BCUT2D eigenvalue weighted by Gasteiger charge is 2.03. The lowest BCUT2D eigenvalue weighted by atomic mass is 10.2. The van der Waals surface area contributed by atoms with Crippen molar-refractivity contribution in [3.63, 3.8) is 0 Å². The van der Waals surface area contributed by atoms with Crippen LogP contribution in [0.5, 0.6) is 5.75 Å². The third-order valence-electron chi connectivity index (χ3n) is 2.30. The van der Waals surface area contributed by atoms with Crippen molar-refractivity contribution in [1.29, 1.82) is 0 Å². The van der Waals surface area contributed by atoms with Crippen molar-refractivity contribution in [2.45, 2.75) is 25.7 Å². The van der Waals surface area contributed by atoms with Crippen molar-refractivity contribution in [1.82, 2.24) is 0 Å². The van der Waals surface area contributed by atoms with Crippen LogP contribution in [0, 0.1) is 0 Å². The number of aliphatic hydroxyl groups is 1. The fourth-order valence-corrected chi connectivity index (χ4v) is 1.77. The first kappa shape index (κ1) is 13.3. The number of anilines is 1. The van der Waals surface area contributed by atoms with Gasteiger partial charge in [-0.3, -0.25) is 0 Å². The molecule has 4 heteroatoms. The van der Waals surface area contributed by atoms with Gasteiger partial charge in [0.15, 0.2) is 0 Å². The Bertz CT molecular complexity index is 318. The van der Waals surface area contributed by atoms with Gasteiger partial charge in [0.05, 0.1) is 11.1 Å². The van der Waals surface area contributed by atoms with Crippen LogP contribution in [0.15, 0.2) is 22.7 Å². The van der Waals surface area contributed by atoms with Crippen LogP contribution in [-0.4, -0.2) is 18.3 Å². The SMILES string of the molecule is Nc1cccc(OCCCCCCO)c1Br. The first-order chi connectivity index (χ1) is 7.75. The molecule has 0 aliphatic carbocycles. The molecule has 0 saturated heterocycles. The Hall–Kier alpha value is -0.740. The van der Waals surface area contributed by atoms with Crippen LogP contribution in [0.1, 0.15) is 25.7 Å². The Morgan fingerprint density at radius 1 is 1.19 bits per heavy atom. The molecule has 0 amide bonds. The Morgan fingerprint density at radius 3 is 2.69 bits per heavy atom. The van der Waals surface area contributed by atoms with E-state index >= 15 is 0 Å². The monoisotopic (exact) mass is 287 g/mol. The molecule has 0 heterocycles. The average Bonchev–Trinajstić information content (AvgIpc) is 2.29. The lowest BCUT2D eigenvalue weighted by molar-refractivity contribution is 0.273. The average molecular weight is 288 g/mol. The molecule has 0 aromatic heterocycles. The Kier molecular flexibility index (Phi) is 6.26. The summed E-state index contributed by atoms with van der Waals surface area (Å²) < 4.78 is 6.43. The summed E-state index contributed by atoms with van der Waals surface area (Å²) in [4.78, 5) is 0. The summed E-state index contributed by atoms with van der Waals surface area (Å²) >= 11 is 3.39. The predicted molar refractivity (Wildman–Crippen MR) is 69.6 cm³/mol. The molecule has 1 aromatic carbocycles. The molecule has 16 heavy (non-hydrogen) atoms. The molecule has 1 rings (SSSR count). The van der Waals surface area contributed by atoms with Crippen molar-refractivity contribution in [3.8, 4) is 5.75 Å². The van der Waals surface area contributed by atoms with Gasteiger partial charge in [0.1, 0.15) is 5.75 Å². The Labute approximate surface area is 105 Å². The summed E-state index contributed by atoms with van der Waals surface area (Å²) in [5.41, 5.74) is 6.43. The van der Waals surface area contributed by atoms with Crippen molar-refractivity contribution < 1.29 is 9.84 Å². The summed E-state index contributed by atoms with van der Waals surface area (Å²) in [6, 6.07) is 5.60.